The van der Waals surface area contributed by atoms with Crippen molar-refractivity contribution in [3.8, 4) is 0 Å². The van der Waals surface area contributed by atoms with Gasteiger partial charge in [0.2, 0.25) is 0 Å². The Bertz CT molecular complexity index is 884. The van der Waals surface area contributed by atoms with Crippen molar-refractivity contribution >= 4 is 16.8 Å². The van der Waals surface area contributed by atoms with Crippen LogP contribution in [0.1, 0.15) is 33.5 Å². The SMILES string of the molecule is Cc1ccc2[nH]c(C(=O)N3CCOCC3c3ncn[nH]3)c(C)c2c1. The van der Waals surface area contributed by atoms with E-state index in [0.29, 0.717) is 31.3 Å². The molecule has 1 atom stereocenters. The first-order chi connectivity index (χ1) is 11.6. The Morgan fingerprint density at radius 1 is 1.38 bits per heavy atom. The molecule has 24 heavy (non-hydrogen) atoms. The number of fused-ring (bicyclic) bond motifs is 1. The summed E-state index contributed by atoms with van der Waals surface area (Å²) in [5.41, 5.74) is 3.75. The zero-order valence-electron chi connectivity index (χ0n) is 13.7. The van der Waals surface area contributed by atoms with E-state index in [1.807, 2.05) is 19.1 Å². The predicted molar refractivity (Wildman–Crippen MR) is 88.8 cm³/mol. The van der Waals surface area contributed by atoms with Gasteiger partial charge in [-0.05, 0) is 31.5 Å². The van der Waals surface area contributed by atoms with Gasteiger partial charge in [-0.1, -0.05) is 11.6 Å². The molecule has 0 spiro atoms. The van der Waals surface area contributed by atoms with Crippen LogP contribution < -0.4 is 0 Å². The summed E-state index contributed by atoms with van der Waals surface area (Å²) < 4.78 is 5.54. The van der Waals surface area contributed by atoms with E-state index >= 15 is 0 Å². The van der Waals surface area contributed by atoms with Gasteiger partial charge in [-0.25, -0.2) is 4.98 Å². The largest absolute Gasteiger partial charge is 0.377 e. The fraction of sp³-hybridized carbons (Fsp3) is 0.353. The molecule has 1 saturated heterocycles. The molecule has 0 saturated carbocycles. The Balaban J connectivity index is 1.73. The normalized spacial score (nSPS) is 18.2. The molecule has 3 aromatic rings. The summed E-state index contributed by atoms with van der Waals surface area (Å²) in [5.74, 6) is 0.610. The van der Waals surface area contributed by atoms with Crippen LogP contribution in [0.25, 0.3) is 10.9 Å². The lowest BCUT2D eigenvalue weighted by atomic mass is 10.1. The lowest BCUT2D eigenvalue weighted by Crippen LogP contribution is -2.44. The van der Waals surface area contributed by atoms with Gasteiger partial charge in [-0.15, -0.1) is 0 Å². The first-order valence-electron chi connectivity index (χ1n) is 7.98. The topological polar surface area (TPSA) is 86.9 Å². The number of amides is 1. The number of nitrogens with one attached hydrogen (secondary N) is 2. The fourth-order valence-corrected chi connectivity index (χ4v) is 3.25. The zero-order chi connectivity index (χ0) is 16.7. The average Bonchev–Trinajstić information content (AvgIpc) is 3.23. The molecule has 4 rings (SSSR count). The molecule has 0 bridgehead atoms. The summed E-state index contributed by atoms with van der Waals surface area (Å²) in [5, 5.41) is 7.82. The van der Waals surface area contributed by atoms with Crippen LogP contribution in [-0.4, -0.2) is 50.7 Å². The summed E-state index contributed by atoms with van der Waals surface area (Å²) in [4.78, 5) is 22.4. The van der Waals surface area contributed by atoms with E-state index in [1.54, 1.807) is 4.90 Å². The number of aryl methyl sites for hydroxylation is 2. The van der Waals surface area contributed by atoms with Crippen molar-refractivity contribution in [1.82, 2.24) is 25.1 Å². The zero-order valence-corrected chi connectivity index (χ0v) is 13.7. The second-order valence-electron chi connectivity index (χ2n) is 6.13. The number of carbonyl (C=O) groups excluding carboxylic acids is 1. The molecule has 1 aliphatic rings. The summed E-state index contributed by atoms with van der Waals surface area (Å²) in [6.45, 7) is 5.50. The molecule has 1 fully saturated rings. The van der Waals surface area contributed by atoms with Crippen molar-refractivity contribution in [2.45, 2.75) is 19.9 Å². The van der Waals surface area contributed by atoms with Crippen LogP contribution in [0.2, 0.25) is 0 Å². The first kappa shape index (κ1) is 14.9. The molecular formula is C17H19N5O2. The lowest BCUT2D eigenvalue weighted by Gasteiger charge is -2.34. The van der Waals surface area contributed by atoms with Crippen molar-refractivity contribution in [1.29, 1.82) is 0 Å². The highest BCUT2D eigenvalue weighted by Gasteiger charge is 2.32. The van der Waals surface area contributed by atoms with Gasteiger partial charge in [-0.3, -0.25) is 9.89 Å². The third-order valence-corrected chi connectivity index (χ3v) is 4.57. The van der Waals surface area contributed by atoms with E-state index in [9.17, 15) is 4.79 Å². The van der Waals surface area contributed by atoms with Crippen LogP contribution in [0, 0.1) is 13.8 Å². The highest BCUT2D eigenvalue weighted by atomic mass is 16.5. The lowest BCUT2D eigenvalue weighted by molar-refractivity contribution is -0.00541. The van der Waals surface area contributed by atoms with E-state index in [4.69, 9.17) is 4.74 Å². The summed E-state index contributed by atoms with van der Waals surface area (Å²) in [7, 11) is 0. The van der Waals surface area contributed by atoms with Crippen LogP contribution in [-0.2, 0) is 4.74 Å². The van der Waals surface area contributed by atoms with Crippen molar-refractivity contribution < 1.29 is 9.53 Å². The minimum Gasteiger partial charge on any atom is -0.377 e. The van der Waals surface area contributed by atoms with Crippen LogP contribution in [0.3, 0.4) is 0 Å². The molecular weight excluding hydrogens is 306 g/mol. The van der Waals surface area contributed by atoms with Gasteiger partial charge in [0.05, 0.1) is 13.2 Å². The maximum Gasteiger partial charge on any atom is 0.271 e. The van der Waals surface area contributed by atoms with E-state index < -0.39 is 0 Å². The van der Waals surface area contributed by atoms with Crippen molar-refractivity contribution in [3.63, 3.8) is 0 Å². The van der Waals surface area contributed by atoms with E-state index in [-0.39, 0.29) is 11.9 Å². The van der Waals surface area contributed by atoms with E-state index in [1.165, 1.54) is 11.9 Å². The number of hydrogen-bond donors (Lipinski definition) is 2. The van der Waals surface area contributed by atoms with Gasteiger partial charge in [-0.2, -0.15) is 5.10 Å². The highest BCUT2D eigenvalue weighted by Crippen LogP contribution is 2.27. The molecule has 1 aliphatic heterocycles. The van der Waals surface area contributed by atoms with Crippen LogP contribution in [0.15, 0.2) is 24.5 Å². The number of hydrogen-bond acceptors (Lipinski definition) is 4. The monoisotopic (exact) mass is 325 g/mol. The highest BCUT2D eigenvalue weighted by molar-refractivity contribution is 6.01. The molecule has 1 amide bonds. The van der Waals surface area contributed by atoms with Crippen LogP contribution >= 0.6 is 0 Å². The molecule has 1 aromatic carbocycles. The van der Waals surface area contributed by atoms with Gasteiger partial charge in [0, 0.05) is 17.4 Å². The first-order valence-corrected chi connectivity index (χ1v) is 7.98. The van der Waals surface area contributed by atoms with Gasteiger partial charge in [0.15, 0.2) is 0 Å². The number of aromatic nitrogens is 4. The fourth-order valence-electron chi connectivity index (χ4n) is 3.25. The molecule has 0 aliphatic carbocycles. The quantitative estimate of drug-likeness (QED) is 0.755. The Morgan fingerprint density at radius 3 is 3.04 bits per heavy atom. The molecule has 7 nitrogen and oxygen atoms in total. The summed E-state index contributed by atoms with van der Waals surface area (Å²) >= 11 is 0. The smallest absolute Gasteiger partial charge is 0.271 e. The maximum absolute atomic E-state index is 13.2. The summed E-state index contributed by atoms with van der Waals surface area (Å²) in [6, 6.07) is 5.91. The number of benzene rings is 1. The minimum absolute atomic E-state index is 0.0361. The number of carbonyl (C=O) groups is 1. The second-order valence-corrected chi connectivity index (χ2v) is 6.13. The third-order valence-electron chi connectivity index (χ3n) is 4.57. The standard InChI is InChI=1S/C17H19N5O2/c1-10-3-4-13-12(7-10)11(2)15(20-13)17(23)22-5-6-24-8-14(22)16-18-9-19-21-16/h3-4,7,9,14,20H,5-6,8H2,1-2H3,(H,18,19,21). The summed E-state index contributed by atoms with van der Waals surface area (Å²) in [6.07, 6.45) is 1.45. The Hall–Kier alpha value is -2.67. The van der Waals surface area contributed by atoms with Crippen molar-refractivity contribution in [2.24, 2.45) is 0 Å². The number of morpholine rings is 1. The average molecular weight is 325 g/mol. The van der Waals surface area contributed by atoms with Crippen molar-refractivity contribution in [3.05, 3.63) is 47.2 Å². The van der Waals surface area contributed by atoms with Crippen LogP contribution in [0.4, 0.5) is 0 Å². The Kier molecular flexibility index (Phi) is 3.57. The number of rotatable bonds is 2. The van der Waals surface area contributed by atoms with Gasteiger partial charge in [0.25, 0.3) is 5.91 Å². The molecule has 124 valence electrons. The molecule has 7 heteroatoms. The van der Waals surface area contributed by atoms with Crippen molar-refractivity contribution in [2.75, 3.05) is 19.8 Å². The van der Waals surface area contributed by atoms with E-state index in [0.717, 1.165) is 16.5 Å². The van der Waals surface area contributed by atoms with Gasteiger partial charge >= 0.3 is 0 Å². The number of nitrogens with zero attached hydrogens (tertiary/aromatic N) is 3. The molecule has 0 radical (unpaired) electrons. The maximum atomic E-state index is 13.2. The number of ether oxygens (including phenoxy) is 1. The Morgan fingerprint density at radius 2 is 2.25 bits per heavy atom. The number of aromatic amines is 2. The molecule has 2 aromatic heterocycles. The predicted octanol–water partition coefficient (Wildman–Crippen LogP) is 2.12. The molecule has 3 heterocycles. The minimum atomic E-state index is -0.249. The number of H-pyrrole nitrogens is 2. The molecule has 2 N–H and O–H groups in total. The van der Waals surface area contributed by atoms with Gasteiger partial charge in [0.1, 0.15) is 23.9 Å². The van der Waals surface area contributed by atoms with E-state index in [2.05, 4.69) is 33.2 Å². The second kappa shape index (κ2) is 5.76. The molecule has 1 unspecified atom stereocenters. The van der Waals surface area contributed by atoms with Crippen LogP contribution in [0.5, 0.6) is 0 Å². The Labute approximate surface area is 139 Å². The third kappa shape index (κ3) is 2.37. The van der Waals surface area contributed by atoms with Gasteiger partial charge < -0.3 is 14.6 Å².